The first-order valence-corrected chi connectivity index (χ1v) is 5.94. The molecule has 1 aromatic carbocycles. The summed E-state index contributed by atoms with van der Waals surface area (Å²) >= 11 is 0. The molecule has 0 atom stereocenters. The number of benzene rings is 1. The minimum absolute atomic E-state index is 0.0470. The topological polar surface area (TPSA) is 92.9 Å². The lowest BCUT2D eigenvalue weighted by Gasteiger charge is -2.21. The van der Waals surface area contributed by atoms with Crippen molar-refractivity contribution in [2.45, 2.75) is 6.42 Å². The molecular formula is C12H14N2O5. The monoisotopic (exact) mass is 266 g/mol. The second kappa shape index (κ2) is 5.66. The summed E-state index contributed by atoms with van der Waals surface area (Å²) in [6.45, 7) is 2.23. The van der Waals surface area contributed by atoms with E-state index in [9.17, 15) is 14.9 Å². The Morgan fingerprint density at radius 2 is 2.16 bits per heavy atom. The van der Waals surface area contributed by atoms with Gasteiger partial charge in [-0.1, -0.05) is 0 Å². The van der Waals surface area contributed by atoms with Crippen LogP contribution in [0.2, 0.25) is 0 Å². The van der Waals surface area contributed by atoms with Gasteiger partial charge in [-0.25, -0.2) is 4.79 Å². The molecule has 7 heteroatoms. The third kappa shape index (κ3) is 3.00. The van der Waals surface area contributed by atoms with Crippen molar-refractivity contribution in [2.24, 2.45) is 0 Å². The summed E-state index contributed by atoms with van der Waals surface area (Å²) in [5.74, 6) is -1.10. The first kappa shape index (κ1) is 13.3. The van der Waals surface area contributed by atoms with Crippen molar-refractivity contribution in [1.29, 1.82) is 0 Å². The summed E-state index contributed by atoms with van der Waals surface area (Å²) in [5, 5.41) is 20.0. The van der Waals surface area contributed by atoms with Gasteiger partial charge in [0.2, 0.25) is 0 Å². The number of carbonyl (C=O) groups is 1. The molecule has 0 spiro atoms. The number of carboxylic acid groups (broad SMARTS) is 1. The molecule has 1 aromatic rings. The number of nitro groups is 1. The van der Waals surface area contributed by atoms with E-state index in [-0.39, 0.29) is 11.3 Å². The van der Waals surface area contributed by atoms with Gasteiger partial charge in [-0.15, -0.1) is 0 Å². The van der Waals surface area contributed by atoms with Gasteiger partial charge in [0.1, 0.15) is 5.69 Å². The number of anilines is 1. The Morgan fingerprint density at radius 3 is 2.84 bits per heavy atom. The summed E-state index contributed by atoms with van der Waals surface area (Å²) in [4.78, 5) is 23.3. The molecule has 0 aromatic heterocycles. The Hall–Kier alpha value is -2.15. The highest BCUT2D eigenvalue weighted by Gasteiger charge is 2.22. The largest absolute Gasteiger partial charge is 0.478 e. The van der Waals surface area contributed by atoms with Crippen LogP contribution < -0.4 is 4.90 Å². The van der Waals surface area contributed by atoms with E-state index in [4.69, 9.17) is 9.84 Å². The maximum Gasteiger partial charge on any atom is 0.335 e. The van der Waals surface area contributed by atoms with Crippen LogP contribution in [0.5, 0.6) is 0 Å². The molecule has 1 saturated heterocycles. The number of rotatable bonds is 3. The summed E-state index contributed by atoms with van der Waals surface area (Å²) in [7, 11) is 0. The Morgan fingerprint density at radius 1 is 1.37 bits per heavy atom. The summed E-state index contributed by atoms with van der Waals surface area (Å²) in [5.41, 5.74) is 0.313. The predicted molar refractivity (Wildman–Crippen MR) is 67.7 cm³/mol. The van der Waals surface area contributed by atoms with Crippen LogP contribution in [0.3, 0.4) is 0 Å². The molecular weight excluding hydrogens is 252 g/mol. The normalized spacial score (nSPS) is 15.9. The minimum atomic E-state index is -1.10. The van der Waals surface area contributed by atoms with Crippen molar-refractivity contribution in [2.75, 3.05) is 31.2 Å². The Bertz CT molecular complexity index is 495. The number of ether oxygens (including phenoxy) is 1. The fourth-order valence-electron chi connectivity index (χ4n) is 2.05. The lowest BCUT2D eigenvalue weighted by Crippen LogP contribution is -2.26. The van der Waals surface area contributed by atoms with Crippen LogP contribution in [0.4, 0.5) is 11.4 Å². The molecule has 1 N–H and O–H groups in total. The number of aromatic carboxylic acids is 1. The zero-order valence-electron chi connectivity index (χ0n) is 10.2. The summed E-state index contributed by atoms with van der Waals surface area (Å²) in [6.07, 6.45) is 0.758. The van der Waals surface area contributed by atoms with E-state index >= 15 is 0 Å². The maximum absolute atomic E-state index is 11.0. The molecule has 0 saturated carbocycles. The van der Waals surface area contributed by atoms with Gasteiger partial charge in [0.05, 0.1) is 17.1 Å². The summed E-state index contributed by atoms with van der Waals surface area (Å²) < 4.78 is 5.30. The van der Waals surface area contributed by atoms with Crippen molar-refractivity contribution in [3.63, 3.8) is 0 Å². The summed E-state index contributed by atoms with van der Waals surface area (Å²) in [6, 6.07) is 3.84. The van der Waals surface area contributed by atoms with Gasteiger partial charge in [-0.2, -0.15) is 0 Å². The SMILES string of the molecule is O=C(O)c1ccc([N+](=O)[O-])c(N2CCCOCC2)c1. The van der Waals surface area contributed by atoms with Gasteiger partial charge in [0.15, 0.2) is 0 Å². The highest BCUT2D eigenvalue weighted by atomic mass is 16.6. The van der Waals surface area contributed by atoms with E-state index in [0.29, 0.717) is 32.0 Å². The molecule has 1 fully saturated rings. The zero-order chi connectivity index (χ0) is 13.8. The van der Waals surface area contributed by atoms with E-state index in [1.54, 1.807) is 4.90 Å². The van der Waals surface area contributed by atoms with E-state index < -0.39 is 10.9 Å². The van der Waals surface area contributed by atoms with Crippen molar-refractivity contribution in [3.05, 3.63) is 33.9 Å². The van der Waals surface area contributed by atoms with Crippen molar-refractivity contribution >= 4 is 17.3 Å². The number of nitrogens with zero attached hydrogens (tertiary/aromatic N) is 2. The van der Waals surface area contributed by atoms with Gasteiger partial charge in [-0.3, -0.25) is 10.1 Å². The molecule has 7 nitrogen and oxygen atoms in total. The Kier molecular flexibility index (Phi) is 3.96. The molecule has 0 amide bonds. The van der Waals surface area contributed by atoms with Crippen molar-refractivity contribution in [1.82, 2.24) is 0 Å². The molecule has 19 heavy (non-hydrogen) atoms. The standard InChI is InChI=1S/C12H14N2O5/c15-12(16)9-2-3-10(14(17)18)11(8-9)13-4-1-6-19-7-5-13/h2-3,8H,1,4-7H2,(H,15,16). The fraction of sp³-hybridized carbons (Fsp3) is 0.417. The van der Waals surface area contributed by atoms with Crippen LogP contribution in [0, 0.1) is 10.1 Å². The van der Waals surface area contributed by atoms with Crippen LogP contribution in [0.15, 0.2) is 18.2 Å². The van der Waals surface area contributed by atoms with E-state index in [2.05, 4.69) is 0 Å². The highest BCUT2D eigenvalue weighted by molar-refractivity contribution is 5.90. The van der Waals surface area contributed by atoms with Gasteiger partial charge < -0.3 is 14.7 Å². The van der Waals surface area contributed by atoms with Gasteiger partial charge in [-0.05, 0) is 18.6 Å². The van der Waals surface area contributed by atoms with Crippen molar-refractivity contribution in [3.8, 4) is 0 Å². The van der Waals surface area contributed by atoms with Crippen molar-refractivity contribution < 1.29 is 19.6 Å². The minimum Gasteiger partial charge on any atom is -0.478 e. The van der Waals surface area contributed by atoms with Crippen LogP contribution >= 0.6 is 0 Å². The molecule has 1 heterocycles. The maximum atomic E-state index is 11.0. The van der Waals surface area contributed by atoms with Gasteiger partial charge in [0.25, 0.3) is 5.69 Å². The number of nitro benzene ring substituents is 1. The van der Waals surface area contributed by atoms with Gasteiger partial charge in [0, 0.05) is 25.8 Å². The molecule has 1 aliphatic heterocycles. The molecule has 0 aliphatic carbocycles. The smallest absolute Gasteiger partial charge is 0.335 e. The second-order valence-electron chi connectivity index (χ2n) is 4.22. The average Bonchev–Trinajstić information content (AvgIpc) is 2.66. The van der Waals surface area contributed by atoms with Crippen LogP contribution in [-0.2, 0) is 4.74 Å². The molecule has 0 unspecified atom stereocenters. The first-order chi connectivity index (χ1) is 9.09. The first-order valence-electron chi connectivity index (χ1n) is 5.94. The predicted octanol–water partition coefficient (Wildman–Crippen LogP) is 1.52. The van der Waals surface area contributed by atoms with Crippen LogP contribution in [0.1, 0.15) is 16.8 Å². The quantitative estimate of drug-likeness (QED) is 0.658. The van der Waals surface area contributed by atoms with E-state index in [0.717, 1.165) is 6.42 Å². The molecule has 0 bridgehead atoms. The second-order valence-corrected chi connectivity index (χ2v) is 4.22. The van der Waals surface area contributed by atoms with E-state index in [1.165, 1.54) is 18.2 Å². The molecule has 0 radical (unpaired) electrons. The number of hydrogen-bond acceptors (Lipinski definition) is 5. The highest BCUT2D eigenvalue weighted by Crippen LogP contribution is 2.30. The third-order valence-corrected chi connectivity index (χ3v) is 2.98. The molecule has 102 valence electrons. The average molecular weight is 266 g/mol. The zero-order valence-corrected chi connectivity index (χ0v) is 10.2. The molecule has 2 rings (SSSR count). The lowest BCUT2D eigenvalue weighted by molar-refractivity contribution is -0.384. The Labute approximate surface area is 109 Å². The fourth-order valence-corrected chi connectivity index (χ4v) is 2.05. The number of hydrogen-bond donors (Lipinski definition) is 1. The Balaban J connectivity index is 2.41. The number of carboxylic acids is 1. The van der Waals surface area contributed by atoms with E-state index in [1.807, 2.05) is 0 Å². The van der Waals surface area contributed by atoms with Gasteiger partial charge >= 0.3 is 5.97 Å². The molecule has 1 aliphatic rings. The third-order valence-electron chi connectivity index (χ3n) is 2.98. The van der Waals surface area contributed by atoms with Crippen LogP contribution in [0.25, 0.3) is 0 Å². The van der Waals surface area contributed by atoms with Crippen LogP contribution in [-0.4, -0.2) is 42.3 Å². The lowest BCUT2D eigenvalue weighted by atomic mass is 10.1.